The summed E-state index contributed by atoms with van der Waals surface area (Å²) in [7, 11) is 0. The van der Waals surface area contributed by atoms with Gasteiger partial charge in [-0.25, -0.2) is 9.78 Å². The molecule has 94 valence electrons. The zero-order chi connectivity index (χ0) is 12.8. The number of benzene rings is 1. The minimum atomic E-state index is -0.944. The van der Waals surface area contributed by atoms with Crippen LogP contribution in [0.3, 0.4) is 0 Å². The molecule has 0 bridgehead atoms. The van der Waals surface area contributed by atoms with Gasteiger partial charge in [-0.05, 0) is 31.0 Å². The number of imidazole rings is 1. The van der Waals surface area contributed by atoms with Gasteiger partial charge in [0.15, 0.2) is 0 Å². The minimum Gasteiger partial charge on any atom is -0.478 e. The van der Waals surface area contributed by atoms with Crippen molar-refractivity contribution in [1.82, 2.24) is 9.55 Å². The van der Waals surface area contributed by atoms with E-state index in [4.69, 9.17) is 5.11 Å². The van der Waals surface area contributed by atoms with Gasteiger partial charge in [0.05, 0.1) is 29.5 Å². The molecule has 0 saturated heterocycles. The van der Waals surface area contributed by atoms with E-state index in [0.717, 1.165) is 24.9 Å². The molecular weight excluding hydrogens is 232 g/mol. The summed E-state index contributed by atoms with van der Waals surface area (Å²) < 4.78 is 1.99. The summed E-state index contributed by atoms with van der Waals surface area (Å²) in [5.41, 5.74) is 1.86. The molecule has 5 nitrogen and oxygen atoms in total. The molecule has 1 aliphatic carbocycles. The first-order valence-electron chi connectivity index (χ1n) is 5.93. The molecule has 2 aromatic rings. The van der Waals surface area contributed by atoms with Crippen LogP contribution in [0.5, 0.6) is 0 Å². The van der Waals surface area contributed by atoms with Gasteiger partial charge in [0, 0.05) is 12.0 Å². The van der Waals surface area contributed by atoms with Gasteiger partial charge >= 0.3 is 5.97 Å². The largest absolute Gasteiger partial charge is 0.478 e. The van der Waals surface area contributed by atoms with Crippen molar-refractivity contribution < 1.29 is 15.0 Å². The van der Waals surface area contributed by atoms with E-state index in [9.17, 15) is 9.90 Å². The van der Waals surface area contributed by atoms with Gasteiger partial charge in [-0.2, -0.15) is 0 Å². The molecule has 1 heterocycles. The molecule has 0 unspecified atom stereocenters. The minimum absolute atomic E-state index is 0.0130. The lowest BCUT2D eigenvalue weighted by atomic mass is 10.1. The number of carbonyl (C=O) groups is 1. The van der Waals surface area contributed by atoms with Crippen LogP contribution in [0.2, 0.25) is 0 Å². The summed E-state index contributed by atoms with van der Waals surface area (Å²) in [6.07, 6.45) is 3.79. The topological polar surface area (TPSA) is 75.3 Å². The first kappa shape index (κ1) is 11.2. The van der Waals surface area contributed by atoms with Crippen LogP contribution >= 0.6 is 0 Å². The Kier molecular flexibility index (Phi) is 2.38. The maximum absolute atomic E-state index is 10.9. The van der Waals surface area contributed by atoms with Crippen LogP contribution < -0.4 is 0 Å². The number of hydrogen-bond acceptors (Lipinski definition) is 3. The molecule has 1 aromatic carbocycles. The zero-order valence-corrected chi connectivity index (χ0v) is 9.83. The number of fused-ring (bicyclic) bond motifs is 1. The van der Waals surface area contributed by atoms with E-state index in [0.29, 0.717) is 5.52 Å². The van der Waals surface area contributed by atoms with Crippen LogP contribution in [0.15, 0.2) is 24.5 Å². The van der Waals surface area contributed by atoms with Crippen LogP contribution in [0.25, 0.3) is 11.0 Å². The Labute approximate surface area is 104 Å². The van der Waals surface area contributed by atoms with Crippen molar-refractivity contribution in [2.24, 2.45) is 5.41 Å². The second-order valence-corrected chi connectivity index (χ2v) is 5.04. The van der Waals surface area contributed by atoms with Crippen molar-refractivity contribution in [1.29, 1.82) is 0 Å². The number of aliphatic hydroxyl groups excluding tert-OH is 1. The van der Waals surface area contributed by atoms with Crippen LogP contribution in [0, 0.1) is 5.41 Å². The van der Waals surface area contributed by atoms with Crippen molar-refractivity contribution in [2.45, 2.75) is 19.4 Å². The number of rotatable bonds is 4. The molecular formula is C13H14N2O3. The molecule has 2 N–H and O–H groups in total. The number of aromatic nitrogens is 2. The molecule has 18 heavy (non-hydrogen) atoms. The molecule has 5 heteroatoms. The van der Waals surface area contributed by atoms with E-state index >= 15 is 0 Å². The van der Waals surface area contributed by atoms with Crippen LogP contribution in [0.4, 0.5) is 0 Å². The smallest absolute Gasteiger partial charge is 0.335 e. The van der Waals surface area contributed by atoms with Gasteiger partial charge in [-0.3, -0.25) is 0 Å². The molecule has 1 aromatic heterocycles. The number of nitrogens with zero attached hydrogens (tertiary/aromatic N) is 2. The highest BCUT2D eigenvalue weighted by Gasteiger charge is 2.42. The molecule has 1 fully saturated rings. The fourth-order valence-corrected chi connectivity index (χ4v) is 2.23. The van der Waals surface area contributed by atoms with Crippen LogP contribution in [-0.2, 0) is 6.54 Å². The van der Waals surface area contributed by atoms with E-state index < -0.39 is 5.97 Å². The number of carboxylic acid groups (broad SMARTS) is 1. The van der Waals surface area contributed by atoms with E-state index in [1.54, 1.807) is 24.5 Å². The molecule has 0 radical (unpaired) electrons. The third-order valence-corrected chi connectivity index (χ3v) is 3.67. The lowest BCUT2D eigenvalue weighted by Crippen LogP contribution is -2.14. The first-order chi connectivity index (χ1) is 8.63. The van der Waals surface area contributed by atoms with E-state index in [1.807, 2.05) is 4.57 Å². The van der Waals surface area contributed by atoms with E-state index in [1.165, 1.54) is 0 Å². The quantitative estimate of drug-likeness (QED) is 0.857. The number of hydrogen-bond donors (Lipinski definition) is 2. The monoisotopic (exact) mass is 246 g/mol. The third kappa shape index (κ3) is 1.76. The fraction of sp³-hybridized carbons (Fsp3) is 0.385. The Hall–Kier alpha value is -1.88. The highest BCUT2D eigenvalue weighted by molar-refractivity contribution is 5.92. The Morgan fingerprint density at radius 2 is 2.22 bits per heavy atom. The van der Waals surface area contributed by atoms with E-state index in [-0.39, 0.29) is 17.6 Å². The number of carboxylic acids is 1. The predicted octanol–water partition coefficient (Wildman–Crippen LogP) is 1.51. The zero-order valence-electron chi connectivity index (χ0n) is 9.83. The molecule has 3 rings (SSSR count). The van der Waals surface area contributed by atoms with Gasteiger partial charge in [-0.1, -0.05) is 0 Å². The summed E-state index contributed by atoms with van der Waals surface area (Å²) in [4.78, 5) is 15.1. The molecule has 0 amide bonds. The molecule has 1 aliphatic rings. The maximum atomic E-state index is 10.9. The maximum Gasteiger partial charge on any atom is 0.335 e. The standard InChI is InChI=1S/C13H14N2O3/c16-7-13(3-4-13)6-15-8-14-10-5-9(12(17)18)1-2-11(10)15/h1-2,5,8,16H,3-4,6-7H2,(H,17,18). The van der Waals surface area contributed by atoms with Crippen molar-refractivity contribution in [2.75, 3.05) is 6.61 Å². The average Bonchev–Trinajstić information content (AvgIpc) is 3.04. The second kappa shape index (κ2) is 3.81. The third-order valence-electron chi connectivity index (χ3n) is 3.67. The van der Waals surface area contributed by atoms with Gasteiger partial charge in [0.2, 0.25) is 0 Å². The predicted molar refractivity (Wildman–Crippen MR) is 65.4 cm³/mol. The Morgan fingerprint density at radius 3 is 2.83 bits per heavy atom. The van der Waals surface area contributed by atoms with Gasteiger partial charge < -0.3 is 14.8 Å². The summed E-state index contributed by atoms with van der Waals surface area (Å²) in [5, 5.41) is 18.3. The fourth-order valence-electron chi connectivity index (χ4n) is 2.23. The number of aromatic carboxylic acids is 1. The van der Waals surface area contributed by atoms with Gasteiger partial charge in [-0.15, -0.1) is 0 Å². The van der Waals surface area contributed by atoms with Crippen molar-refractivity contribution in [3.05, 3.63) is 30.1 Å². The summed E-state index contributed by atoms with van der Waals surface area (Å²) in [6.45, 7) is 0.937. The van der Waals surface area contributed by atoms with Gasteiger partial charge in [0.1, 0.15) is 0 Å². The molecule has 0 atom stereocenters. The molecule has 0 spiro atoms. The normalized spacial score (nSPS) is 16.9. The second-order valence-electron chi connectivity index (χ2n) is 5.04. The van der Waals surface area contributed by atoms with Crippen molar-refractivity contribution >= 4 is 17.0 Å². The van der Waals surface area contributed by atoms with E-state index in [2.05, 4.69) is 4.98 Å². The first-order valence-corrected chi connectivity index (χ1v) is 5.93. The van der Waals surface area contributed by atoms with Crippen molar-refractivity contribution in [3.8, 4) is 0 Å². The van der Waals surface area contributed by atoms with Crippen LogP contribution in [0.1, 0.15) is 23.2 Å². The number of aliphatic hydroxyl groups is 1. The molecule has 1 saturated carbocycles. The highest BCUT2D eigenvalue weighted by atomic mass is 16.4. The summed E-state index contributed by atoms with van der Waals surface area (Å²) in [6, 6.07) is 4.94. The Morgan fingerprint density at radius 1 is 1.44 bits per heavy atom. The molecule has 0 aliphatic heterocycles. The Balaban J connectivity index is 1.97. The summed E-state index contributed by atoms with van der Waals surface area (Å²) >= 11 is 0. The van der Waals surface area contributed by atoms with Gasteiger partial charge in [0.25, 0.3) is 0 Å². The van der Waals surface area contributed by atoms with Crippen molar-refractivity contribution in [3.63, 3.8) is 0 Å². The van der Waals surface area contributed by atoms with Crippen LogP contribution in [-0.4, -0.2) is 32.3 Å². The lowest BCUT2D eigenvalue weighted by Gasteiger charge is -2.12. The average molecular weight is 246 g/mol. The highest BCUT2D eigenvalue weighted by Crippen LogP contribution is 2.46. The Bertz CT molecular complexity index is 614. The summed E-state index contributed by atoms with van der Waals surface area (Å²) in [5.74, 6) is -0.944. The lowest BCUT2D eigenvalue weighted by molar-refractivity contribution is 0.0697. The SMILES string of the molecule is O=C(O)c1ccc2c(c1)ncn2CC1(CO)CC1.